The number of rotatable bonds is 7. The predicted octanol–water partition coefficient (Wildman–Crippen LogP) is 4.12. The minimum absolute atomic E-state index is 0.160. The van der Waals surface area contributed by atoms with Crippen molar-refractivity contribution in [2.24, 2.45) is 0 Å². The van der Waals surface area contributed by atoms with Crippen molar-refractivity contribution < 1.29 is 21.6 Å². The Bertz CT molecular complexity index is 1300. The first-order valence-corrected chi connectivity index (χ1v) is 13.5. The smallest absolute Gasteiger partial charge is 0.258 e. The van der Waals surface area contributed by atoms with Crippen LogP contribution in [0.15, 0.2) is 88.7 Å². The maximum absolute atomic E-state index is 13.2. The largest absolute Gasteiger partial charge is 0.306 e. The van der Waals surface area contributed by atoms with Crippen LogP contribution in [0.5, 0.6) is 0 Å². The van der Waals surface area contributed by atoms with E-state index in [1.54, 1.807) is 71.6 Å². The normalized spacial score (nSPS) is 12.0. The van der Waals surface area contributed by atoms with E-state index in [1.165, 1.54) is 12.1 Å². The summed E-state index contributed by atoms with van der Waals surface area (Å²) in [5.74, 6) is -0.420. The van der Waals surface area contributed by atoms with Crippen LogP contribution in [0.2, 0.25) is 0 Å². The first-order chi connectivity index (χ1) is 15.0. The van der Waals surface area contributed by atoms with Gasteiger partial charge in [0.15, 0.2) is 19.7 Å². The molecule has 0 radical (unpaired) electrons. The Hall–Kier alpha value is -2.97. The van der Waals surface area contributed by atoms with E-state index in [2.05, 4.69) is 0 Å². The highest BCUT2D eigenvalue weighted by Gasteiger charge is 2.22. The molecule has 0 aliphatic rings. The van der Waals surface area contributed by atoms with Gasteiger partial charge in [-0.15, -0.1) is 0 Å². The average Bonchev–Trinajstić information content (AvgIpc) is 2.74. The van der Waals surface area contributed by atoms with Crippen molar-refractivity contribution in [2.75, 3.05) is 11.2 Å². The molecular formula is C24H25NO5S2. The molecule has 1 amide bonds. The van der Waals surface area contributed by atoms with Gasteiger partial charge in [-0.05, 0) is 67.9 Å². The van der Waals surface area contributed by atoms with Gasteiger partial charge in [-0.3, -0.25) is 4.79 Å². The maximum Gasteiger partial charge on any atom is 0.258 e. The second-order valence-corrected chi connectivity index (χ2v) is 11.8. The minimum Gasteiger partial charge on any atom is -0.306 e. The lowest BCUT2D eigenvalue weighted by Crippen LogP contribution is -2.37. The average molecular weight is 472 g/mol. The summed E-state index contributed by atoms with van der Waals surface area (Å²) < 4.78 is 48.6. The molecule has 0 bridgehead atoms. The van der Waals surface area contributed by atoms with Gasteiger partial charge < -0.3 is 4.90 Å². The number of hydrogen-bond donors (Lipinski definition) is 0. The van der Waals surface area contributed by atoms with E-state index in [0.29, 0.717) is 16.8 Å². The van der Waals surface area contributed by atoms with Crippen LogP contribution in [-0.2, 0) is 25.4 Å². The van der Waals surface area contributed by atoms with Gasteiger partial charge in [-0.2, -0.15) is 0 Å². The molecule has 32 heavy (non-hydrogen) atoms. The molecule has 0 aromatic heterocycles. The summed E-state index contributed by atoms with van der Waals surface area (Å²) >= 11 is 0. The number of hydrogen-bond acceptors (Lipinski definition) is 5. The van der Waals surface area contributed by atoms with Crippen molar-refractivity contribution in [2.45, 2.75) is 35.4 Å². The molecule has 0 saturated carbocycles. The summed E-state index contributed by atoms with van der Waals surface area (Å²) in [5.41, 5.74) is 1.57. The van der Waals surface area contributed by atoms with E-state index >= 15 is 0 Å². The first kappa shape index (κ1) is 23.7. The Morgan fingerprint density at radius 1 is 0.781 bits per heavy atom. The van der Waals surface area contributed by atoms with E-state index in [4.69, 9.17) is 0 Å². The molecule has 6 nitrogen and oxygen atoms in total. The molecule has 0 heterocycles. The predicted molar refractivity (Wildman–Crippen MR) is 125 cm³/mol. The molecule has 8 heteroatoms. The van der Waals surface area contributed by atoms with Gasteiger partial charge in [0.2, 0.25) is 0 Å². The van der Waals surface area contributed by atoms with Crippen LogP contribution in [0.25, 0.3) is 0 Å². The fourth-order valence-electron chi connectivity index (χ4n) is 3.32. The monoisotopic (exact) mass is 471 g/mol. The Morgan fingerprint density at radius 3 is 1.84 bits per heavy atom. The molecular weight excluding hydrogens is 446 g/mol. The molecule has 0 aliphatic carbocycles. The number of sulfone groups is 2. The highest BCUT2D eigenvalue weighted by molar-refractivity contribution is 7.91. The molecule has 3 aromatic rings. The zero-order valence-corrected chi connectivity index (χ0v) is 19.7. The van der Waals surface area contributed by atoms with Crippen LogP contribution in [0, 0.1) is 0 Å². The molecule has 3 aromatic carbocycles. The maximum atomic E-state index is 13.2. The van der Waals surface area contributed by atoms with Crippen LogP contribution in [0.4, 0.5) is 5.69 Å². The standard InChI is InChI=1S/C24H25NO5S2/c1-18(2)25(21-13-15-22(16-14-21)31(3,27)28)24(26)20-11-9-19(10-12-20)17-32(29,30)23-7-5-4-6-8-23/h4-16,18H,17H2,1-3H3. The van der Waals surface area contributed by atoms with Crippen molar-refractivity contribution in [1.82, 2.24) is 0 Å². The summed E-state index contributed by atoms with van der Waals surface area (Å²) in [7, 11) is -6.81. The van der Waals surface area contributed by atoms with Crippen LogP contribution < -0.4 is 4.90 Å². The molecule has 3 rings (SSSR count). The Morgan fingerprint density at radius 2 is 1.34 bits per heavy atom. The van der Waals surface area contributed by atoms with Gasteiger partial charge in [-0.1, -0.05) is 30.3 Å². The zero-order chi connectivity index (χ0) is 23.5. The second kappa shape index (κ2) is 9.26. The zero-order valence-electron chi connectivity index (χ0n) is 18.1. The van der Waals surface area contributed by atoms with Crippen molar-refractivity contribution in [1.29, 1.82) is 0 Å². The topological polar surface area (TPSA) is 88.6 Å². The molecule has 0 spiro atoms. The Labute approximate surface area is 189 Å². The molecule has 0 N–H and O–H groups in total. The molecule has 0 unspecified atom stereocenters. The lowest BCUT2D eigenvalue weighted by Gasteiger charge is -2.27. The third-order valence-corrected chi connectivity index (χ3v) is 7.77. The first-order valence-electron chi connectivity index (χ1n) is 9.99. The fourth-order valence-corrected chi connectivity index (χ4v) is 5.32. The van der Waals surface area contributed by atoms with Crippen molar-refractivity contribution >= 4 is 31.3 Å². The van der Waals surface area contributed by atoms with Gasteiger partial charge in [0.25, 0.3) is 5.91 Å². The molecule has 0 atom stereocenters. The number of nitrogens with zero attached hydrogens (tertiary/aromatic N) is 1. The van der Waals surface area contributed by atoms with Gasteiger partial charge >= 0.3 is 0 Å². The van der Waals surface area contributed by atoms with E-state index in [0.717, 1.165) is 6.26 Å². The summed E-state index contributed by atoms with van der Waals surface area (Å²) in [5, 5.41) is 0. The summed E-state index contributed by atoms with van der Waals surface area (Å²) in [6, 6.07) is 20.7. The second-order valence-electron chi connectivity index (χ2n) is 7.80. The number of amides is 1. The van der Waals surface area contributed by atoms with Crippen LogP contribution in [0.3, 0.4) is 0 Å². The molecule has 0 saturated heterocycles. The van der Waals surface area contributed by atoms with Crippen LogP contribution >= 0.6 is 0 Å². The SMILES string of the molecule is CC(C)N(C(=O)c1ccc(CS(=O)(=O)c2ccccc2)cc1)c1ccc(S(C)(=O)=O)cc1. The molecule has 0 aliphatic heterocycles. The van der Waals surface area contributed by atoms with E-state index in [9.17, 15) is 21.6 Å². The lowest BCUT2D eigenvalue weighted by atomic mass is 10.1. The summed E-state index contributed by atoms with van der Waals surface area (Å²) in [4.78, 5) is 15.2. The van der Waals surface area contributed by atoms with Gasteiger partial charge in [0.05, 0.1) is 15.5 Å². The van der Waals surface area contributed by atoms with Crippen LogP contribution in [-0.4, -0.2) is 35.0 Å². The van der Waals surface area contributed by atoms with E-state index < -0.39 is 19.7 Å². The number of benzene rings is 3. The minimum atomic E-state index is -3.48. The van der Waals surface area contributed by atoms with Gasteiger partial charge in [0.1, 0.15) is 0 Å². The van der Waals surface area contributed by atoms with Crippen molar-refractivity contribution in [3.63, 3.8) is 0 Å². The van der Waals surface area contributed by atoms with Gasteiger partial charge in [-0.25, -0.2) is 16.8 Å². The van der Waals surface area contributed by atoms with Crippen LogP contribution in [0.1, 0.15) is 29.8 Å². The third-order valence-electron chi connectivity index (χ3n) is 4.94. The highest BCUT2D eigenvalue weighted by atomic mass is 32.2. The fraction of sp³-hybridized carbons (Fsp3) is 0.208. The third kappa shape index (κ3) is 5.44. The Kier molecular flexibility index (Phi) is 6.85. The quantitative estimate of drug-likeness (QED) is 0.517. The van der Waals surface area contributed by atoms with Crippen molar-refractivity contribution in [3.8, 4) is 0 Å². The lowest BCUT2D eigenvalue weighted by molar-refractivity contribution is 0.0980. The van der Waals surface area contributed by atoms with Crippen molar-refractivity contribution in [3.05, 3.63) is 90.0 Å². The van der Waals surface area contributed by atoms with Gasteiger partial charge in [0, 0.05) is 23.5 Å². The molecule has 0 fully saturated rings. The number of carbonyl (C=O) groups excluding carboxylic acids is 1. The van der Waals surface area contributed by atoms with E-state index in [-0.39, 0.29) is 27.5 Å². The summed E-state index contributed by atoms with van der Waals surface area (Å²) in [6.07, 6.45) is 1.13. The number of anilines is 1. The molecule has 168 valence electrons. The van der Waals surface area contributed by atoms with E-state index in [1.807, 2.05) is 13.8 Å². The summed E-state index contributed by atoms with van der Waals surface area (Å²) in [6.45, 7) is 3.73. The Balaban J connectivity index is 1.83. The number of carbonyl (C=O) groups is 1. The highest BCUT2D eigenvalue weighted by Crippen LogP contribution is 2.23.